The van der Waals surface area contributed by atoms with E-state index in [9.17, 15) is 0 Å². The number of fused-ring (bicyclic) bond motifs is 1. The molecule has 0 spiro atoms. The largest absolute Gasteiger partial charge is 0.442 e. The molecule has 0 bridgehead atoms. The minimum Gasteiger partial charge on any atom is -0.442 e. The van der Waals surface area contributed by atoms with E-state index in [-0.39, 0.29) is 0 Å². The van der Waals surface area contributed by atoms with Crippen molar-refractivity contribution in [2.24, 2.45) is 0 Å². The maximum atomic E-state index is 5.81. The minimum absolute atomic E-state index is 0.414. The van der Waals surface area contributed by atoms with Gasteiger partial charge in [-0.05, 0) is 18.1 Å². The Morgan fingerprint density at radius 2 is 1.87 bits per heavy atom. The van der Waals surface area contributed by atoms with Gasteiger partial charge in [0.1, 0.15) is 5.76 Å². The van der Waals surface area contributed by atoms with Gasteiger partial charge in [0.05, 0.1) is 0 Å². The van der Waals surface area contributed by atoms with Crippen molar-refractivity contribution in [1.82, 2.24) is 4.98 Å². The van der Waals surface area contributed by atoms with E-state index in [1.807, 2.05) is 6.07 Å². The molecule has 2 nitrogen and oxygen atoms in total. The monoisotopic (exact) mass is 203 g/mol. The number of furan rings is 1. The first kappa shape index (κ1) is 10.2. The molecule has 80 valence electrons. The van der Waals surface area contributed by atoms with Gasteiger partial charge in [-0.25, -0.2) is 4.98 Å². The fourth-order valence-electron chi connectivity index (χ4n) is 1.99. The second kappa shape index (κ2) is 3.69. The molecule has 0 atom stereocenters. The first-order valence-electron chi connectivity index (χ1n) is 5.48. The van der Waals surface area contributed by atoms with Crippen LogP contribution < -0.4 is 0 Å². The van der Waals surface area contributed by atoms with E-state index < -0.39 is 0 Å². The van der Waals surface area contributed by atoms with Crippen molar-refractivity contribution < 1.29 is 4.42 Å². The van der Waals surface area contributed by atoms with Gasteiger partial charge in [-0.1, -0.05) is 27.7 Å². The molecule has 15 heavy (non-hydrogen) atoms. The Morgan fingerprint density at radius 1 is 1.13 bits per heavy atom. The lowest BCUT2D eigenvalue weighted by Gasteiger charge is -2.08. The van der Waals surface area contributed by atoms with Crippen LogP contribution in [0.25, 0.3) is 11.1 Å². The molecule has 0 fully saturated rings. The number of hydrogen-bond donors (Lipinski definition) is 0. The Balaban J connectivity index is 2.75. The van der Waals surface area contributed by atoms with Gasteiger partial charge in [-0.15, -0.1) is 0 Å². The summed E-state index contributed by atoms with van der Waals surface area (Å²) in [7, 11) is 0. The van der Waals surface area contributed by atoms with Crippen molar-refractivity contribution >= 4 is 11.1 Å². The molecule has 0 saturated carbocycles. The summed E-state index contributed by atoms with van der Waals surface area (Å²) in [4.78, 5) is 4.26. The van der Waals surface area contributed by atoms with Crippen LogP contribution in [0.2, 0.25) is 0 Å². The van der Waals surface area contributed by atoms with E-state index in [0.717, 1.165) is 16.9 Å². The Kier molecular flexibility index (Phi) is 2.51. The molecule has 0 amide bonds. The minimum atomic E-state index is 0.414. The van der Waals surface area contributed by atoms with Gasteiger partial charge < -0.3 is 4.42 Å². The summed E-state index contributed by atoms with van der Waals surface area (Å²) in [5.74, 6) is 1.98. The predicted molar refractivity (Wildman–Crippen MR) is 62.2 cm³/mol. The highest BCUT2D eigenvalue weighted by molar-refractivity contribution is 5.79. The summed E-state index contributed by atoms with van der Waals surface area (Å²) in [5, 5.41) is 1.16. The molecule has 2 aromatic heterocycles. The van der Waals surface area contributed by atoms with E-state index in [0.29, 0.717) is 11.8 Å². The molecule has 0 aliphatic rings. The van der Waals surface area contributed by atoms with Gasteiger partial charge in [-0.3, -0.25) is 0 Å². The highest BCUT2D eigenvalue weighted by Crippen LogP contribution is 2.34. The SMILES string of the molecule is CC(C)c1oc2ncccc2c1C(C)C. The smallest absolute Gasteiger partial charge is 0.226 e. The highest BCUT2D eigenvalue weighted by atomic mass is 16.3. The van der Waals surface area contributed by atoms with Crippen LogP contribution >= 0.6 is 0 Å². The zero-order valence-electron chi connectivity index (χ0n) is 9.74. The van der Waals surface area contributed by atoms with Crippen molar-refractivity contribution in [3.63, 3.8) is 0 Å². The average molecular weight is 203 g/mol. The molecule has 0 aliphatic carbocycles. The lowest BCUT2D eigenvalue weighted by atomic mass is 9.96. The van der Waals surface area contributed by atoms with Crippen molar-refractivity contribution in [1.29, 1.82) is 0 Å². The molecule has 0 saturated heterocycles. The molecule has 0 aliphatic heterocycles. The Bertz CT molecular complexity index is 468. The number of pyridine rings is 1. The lowest BCUT2D eigenvalue weighted by molar-refractivity contribution is 0.504. The zero-order valence-corrected chi connectivity index (χ0v) is 9.74. The maximum Gasteiger partial charge on any atom is 0.226 e. The van der Waals surface area contributed by atoms with Crippen LogP contribution in [0.4, 0.5) is 0 Å². The van der Waals surface area contributed by atoms with E-state index >= 15 is 0 Å². The summed E-state index contributed by atoms with van der Waals surface area (Å²) in [6.45, 7) is 8.71. The molecule has 0 unspecified atom stereocenters. The Labute approximate surface area is 90.3 Å². The Morgan fingerprint density at radius 3 is 2.47 bits per heavy atom. The van der Waals surface area contributed by atoms with E-state index in [1.165, 1.54) is 5.56 Å². The number of rotatable bonds is 2. The van der Waals surface area contributed by atoms with E-state index in [2.05, 4.69) is 38.7 Å². The van der Waals surface area contributed by atoms with Crippen LogP contribution in [0.1, 0.15) is 50.9 Å². The number of hydrogen-bond acceptors (Lipinski definition) is 2. The molecular weight excluding hydrogens is 186 g/mol. The van der Waals surface area contributed by atoms with Crippen LogP contribution in [-0.4, -0.2) is 4.98 Å². The van der Waals surface area contributed by atoms with Crippen LogP contribution in [-0.2, 0) is 0 Å². The van der Waals surface area contributed by atoms with Gasteiger partial charge >= 0.3 is 0 Å². The summed E-state index contributed by atoms with van der Waals surface area (Å²) in [6.07, 6.45) is 1.78. The predicted octanol–water partition coefficient (Wildman–Crippen LogP) is 4.07. The molecule has 0 N–H and O–H groups in total. The van der Waals surface area contributed by atoms with Crippen LogP contribution in [0.5, 0.6) is 0 Å². The topological polar surface area (TPSA) is 26.0 Å². The van der Waals surface area contributed by atoms with Gasteiger partial charge in [-0.2, -0.15) is 0 Å². The van der Waals surface area contributed by atoms with Gasteiger partial charge in [0, 0.05) is 23.1 Å². The Hall–Kier alpha value is -1.31. The second-order valence-corrected chi connectivity index (χ2v) is 4.55. The second-order valence-electron chi connectivity index (χ2n) is 4.55. The summed E-state index contributed by atoms with van der Waals surface area (Å²) < 4.78 is 5.81. The summed E-state index contributed by atoms with van der Waals surface area (Å²) in [5.41, 5.74) is 2.08. The summed E-state index contributed by atoms with van der Waals surface area (Å²) >= 11 is 0. The normalized spacial score (nSPS) is 11.9. The number of nitrogens with zero attached hydrogens (tertiary/aromatic N) is 1. The molecule has 2 heteroatoms. The molecule has 2 heterocycles. The average Bonchev–Trinajstić information content (AvgIpc) is 2.56. The molecular formula is C13H17NO. The number of aromatic nitrogens is 1. The van der Waals surface area contributed by atoms with Gasteiger partial charge in [0.2, 0.25) is 5.71 Å². The zero-order chi connectivity index (χ0) is 11.0. The van der Waals surface area contributed by atoms with Crippen molar-refractivity contribution in [2.45, 2.75) is 39.5 Å². The first-order valence-corrected chi connectivity index (χ1v) is 5.48. The molecule has 2 rings (SSSR count). The third-order valence-electron chi connectivity index (χ3n) is 2.64. The van der Waals surface area contributed by atoms with Crippen molar-refractivity contribution in [3.8, 4) is 0 Å². The fraction of sp³-hybridized carbons (Fsp3) is 0.462. The van der Waals surface area contributed by atoms with Crippen LogP contribution in [0, 0.1) is 0 Å². The lowest BCUT2D eigenvalue weighted by Crippen LogP contribution is -1.94. The highest BCUT2D eigenvalue weighted by Gasteiger charge is 2.19. The standard InChI is InChI=1S/C13H17NO/c1-8(2)11-10-6-5-7-14-13(10)15-12(11)9(3)4/h5-9H,1-4H3. The van der Waals surface area contributed by atoms with Gasteiger partial charge in [0.25, 0.3) is 0 Å². The summed E-state index contributed by atoms with van der Waals surface area (Å²) in [6, 6.07) is 4.06. The van der Waals surface area contributed by atoms with Gasteiger partial charge in [0.15, 0.2) is 0 Å². The van der Waals surface area contributed by atoms with Crippen molar-refractivity contribution in [2.75, 3.05) is 0 Å². The van der Waals surface area contributed by atoms with Crippen molar-refractivity contribution in [3.05, 3.63) is 29.7 Å². The molecule has 2 aromatic rings. The molecule has 0 radical (unpaired) electrons. The first-order chi connectivity index (χ1) is 7.11. The van der Waals surface area contributed by atoms with E-state index in [1.54, 1.807) is 6.20 Å². The third kappa shape index (κ3) is 1.65. The fourth-order valence-corrected chi connectivity index (χ4v) is 1.99. The third-order valence-corrected chi connectivity index (χ3v) is 2.64. The quantitative estimate of drug-likeness (QED) is 0.735. The van der Waals surface area contributed by atoms with E-state index in [4.69, 9.17) is 4.42 Å². The molecule has 0 aromatic carbocycles. The van der Waals surface area contributed by atoms with Crippen LogP contribution in [0.15, 0.2) is 22.7 Å². The van der Waals surface area contributed by atoms with Crippen LogP contribution in [0.3, 0.4) is 0 Å². The maximum absolute atomic E-state index is 5.81.